The van der Waals surface area contributed by atoms with Crippen LogP contribution in [0.2, 0.25) is 5.15 Å². The molecule has 0 aliphatic carbocycles. The lowest BCUT2D eigenvalue weighted by atomic mass is 9.98. The van der Waals surface area contributed by atoms with E-state index in [9.17, 15) is 13.2 Å². The first-order valence-corrected chi connectivity index (χ1v) is 10.4. The van der Waals surface area contributed by atoms with E-state index < -0.39 is 34.6 Å². The molecule has 180 valence electrons. The summed E-state index contributed by atoms with van der Waals surface area (Å²) >= 11 is 6.19. The van der Waals surface area contributed by atoms with E-state index in [-0.39, 0.29) is 23.2 Å². The number of anilines is 1. The molecule has 0 bridgehead atoms. The van der Waals surface area contributed by atoms with Crippen LogP contribution in [-0.4, -0.2) is 64.4 Å². The summed E-state index contributed by atoms with van der Waals surface area (Å²) in [6, 6.07) is -0.158. The lowest BCUT2D eigenvalue weighted by molar-refractivity contribution is -0.138. The Labute approximate surface area is 192 Å². The number of hydrogen-bond acceptors (Lipinski definition) is 6. The van der Waals surface area contributed by atoms with E-state index in [2.05, 4.69) is 25.7 Å². The fourth-order valence-electron chi connectivity index (χ4n) is 3.36. The van der Waals surface area contributed by atoms with Crippen LogP contribution in [-0.2, 0) is 0 Å². The average Bonchev–Trinajstić information content (AvgIpc) is 3.17. The Kier molecular flexibility index (Phi) is 7.39. The molecule has 3 rings (SSSR count). The summed E-state index contributed by atoms with van der Waals surface area (Å²) in [5.74, 6) is -2.50. The van der Waals surface area contributed by atoms with Crippen molar-refractivity contribution in [3.8, 4) is 11.1 Å². The van der Waals surface area contributed by atoms with E-state index in [1.807, 2.05) is 19.0 Å². The standard InChI is InChI=1S/C20H23ClF5N7/c1-10(20(24,25)26)30-18-16(17(21)31-19-28-9-29-33(18)19)15-12(22)7-11(8-13(15)23)14(27-2)5-6-32(3)4/h7-10,14,27,30H,5-6H2,1-4H3/t10-,14?/m1/s1. The highest BCUT2D eigenvalue weighted by molar-refractivity contribution is 6.33. The zero-order valence-corrected chi connectivity index (χ0v) is 19.1. The summed E-state index contributed by atoms with van der Waals surface area (Å²) in [5.41, 5.74) is -0.656. The van der Waals surface area contributed by atoms with Crippen molar-refractivity contribution in [2.75, 3.05) is 33.0 Å². The predicted octanol–water partition coefficient (Wildman–Crippen LogP) is 4.30. The fourth-order valence-corrected chi connectivity index (χ4v) is 3.62. The van der Waals surface area contributed by atoms with Gasteiger partial charge in [-0.25, -0.2) is 8.78 Å². The van der Waals surface area contributed by atoms with Crippen LogP contribution in [0.5, 0.6) is 0 Å². The lowest BCUT2D eigenvalue weighted by Gasteiger charge is -2.23. The topological polar surface area (TPSA) is 70.4 Å². The second-order valence-corrected chi connectivity index (χ2v) is 8.16. The van der Waals surface area contributed by atoms with Gasteiger partial charge >= 0.3 is 6.18 Å². The zero-order chi connectivity index (χ0) is 24.5. The Balaban J connectivity index is 2.16. The van der Waals surface area contributed by atoms with Gasteiger partial charge in [0.05, 0.1) is 11.1 Å². The van der Waals surface area contributed by atoms with E-state index in [0.717, 1.165) is 29.9 Å². The Morgan fingerprint density at radius 1 is 1.15 bits per heavy atom. The van der Waals surface area contributed by atoms with Crippen molar-refractivity contribution in [2.24, 2.45) is 0 Å². The molecule has 0 saturated heterocycles. The van der Waals surface area contributed by atoms with Crippen LogP contribution in [0.15, 0.2) is 18.5 Å². The number of alkyl halides is 3. The number of aromatic nitrogens is 4. The summed E-state index contributed by atoms with van der Waals surface area (Å²) < 4.78 is 71.2. The largest absolute Gasteiger partial charge is 0.408 e. The quantitative estimate of drug-likeness (QED) is 0.362. The molecule has 0 aliphatic heterocycles. The predicted molar refractivity (Wildman–Crippen MR) is 115 cm³/mol. The molecule has 0 fully saturated rings. The van der Waals surface area contributed by atoms with Crippen LogP contribution < -0.4 is 10.6 Å². The van der Waals surface area contributed by atoms with E-state index >= 15 is 8.78 Å². The van der Waals surface area contributed by atoms with Crippen LogP contribution in [0.1, 0.15) is 24.9 Å². The first kappa shape index (κ1) is 25.1. The van der Waals surface area contributed by atoms with Gasteiger partial charge in [-0.05, 0) is 58.7 Å². The average molecular weight is 492 g/mol. The van der Waals surface area contributed by atoms with Gasteiger partial charge in [0, 0.05) is 6.04 Å². The van der Waals surface area contributed by atoms with Crippen LogP contribution in [0.25, 0.3) is 16.9 Å². The Morgan fingerprint density at radius 2 is 1.79 bits per heavy atom. The smallest absolute Gasteiger partial charge is 0.358 e. The molecule has 0 amide bonds. The SMILES string of the molecule is CNC(CCN(C)C)c1cc(F)c(-c2c(Cl)nc3ncnn3c2N[C@H](C)C(F)(F)F)c(F)c1. The van der Waals surface area contributed by atoms with Gasteiger partial charge in [-0.1, -0.05) is 11.6 Å². The Bertz CT molecular complexity index is 1110. The molecule has 2 heterocycles. The van der Waals surface area contributed by atoms with Crippen molar-refractivity contribution in [1.82, 2.24) is 29.8 Å². The molecule has 1 aromatic carbocycles. The van der Waals surface area contributed by atoms with E-state index in [1.54, 1.807) is 7.05 Å². The number of fused-ring (bicyclic) bond motifs is 1. The van der Waals surface area contributed by atoms with Gasteiger partial charge in [0.2, 0.25) is 0 Å². The molecule has 33 heavy (non-hydrogen) atoms. The Hall–Kier alpha value is -2.57. The van der Waals surface area contributed by atoms with Crippen LogP contribution in [0, 0.1) is 11.6 Å². The molecule has 2 N–H and O–H groups in total. The molecular formula is C20H23ClF5N7. The van der Waals surface area contributed by atoms with Crippen molar-refractivity contribution in [2.45, 2.75) is 31.6 Å². The molecule has 7 nitrogen and oxygen atoms in total. The molecule has 3 aromatic rings. The van der Waals surface area contributed by atoms with Gasteiger partial charge in [0.25, 0.3) is 5.78 Å². The normalized spacial score (nSPS) is 14.2. The van der Waals surface area contributed by atoms with Crippen molar-refractivity contribution >= 4 is 23.2 Å². The number of hydrogen-bond donors (Lipinski definition) is 2. The highest BCUT2D eigenvalue weighted by atomic mass is 35.5. The number of nitrogens with one attached hydrogen (secondary N) is 2. The molecular weight excluding hydrogens is 469 g/mol. The second-order valence-electron chi connectivity index (χ2n) is 7.80. The number of benzene rings is 1. The summed E-state index contributed by atoms with van der Waals surface area (Å²) in [5, 5.41) is 8.64. The van der Waals surface area contributed by atoms with Crippen molar-refractivity contribution in [3.05, 3.63) is 40.8 Å². The molecule has 13 heteroatoms. The minimum absolute atomic E-state index is 0.128. The first-order chi connectivity index (χ1) is 15.4. The maximum Gasteiger partial charge on any atom is 0.408 e. The summed E-state index contributed by atoms with van der Waals surface area (Å²) in [4.78, 5) is 9.67. The maximum absolute atomic E-state index is 15.3. The van der Waals surface area contributed by atoms with E-state index in [1.165, 1.54) is 0 Å². The summed E-state index contributed by atoms with van der Waals surface area (Å²) in [6.45, 7) is 1.53. The third-order valence-corrected chi connectivity index (χ3v) is 5.43. The fraction of sp³-hybridized carbons (Fsp3) is 0.450. The van der Waals surface area contributed by atoms with Crippen LogP contribution in [0.3, 0.4) is 0 Å². The minimum atomic E-state index is -4.65. The van der Waals surface area contributed by atoms with Gasteiger partial charge in [0.1, 0.15) is 35.0 Å². The van der Waals surface area contributed by atoms with Gasteiger partial charge in [-0.15, -0.1) is 0 Å². The molecule has 0 saturated carbocycles. The molecule has 2 aromatic heterocycles. The monoisotopic (exact) mass is 491 g/mol. The van der Waals surface area contributed by atoms with Crippen molar-refractivity contribution in [1.29, 1.82) is 0 Å². The molecule has 1 unspecified atom stereocenters. The van der Waals surface area contributed by atoms with Crippen LogP contribution >= 0.6 is 11.6 Å². The molecule has 0 radical (unpaired) electrons. The third kappa shape index (κ3) is 5.33. The lowest BCUT2D eigenvalue weighted by Crippen LogP contribution is -2.34. The number of rotatable bonds is 8. The number of nitrogens with zero attached hydrogens (tertiary/aromatic N) is 5. The van der Waals surface area contributed by atoms with Gasteiger partial charge in [-0.2, -0.15) is 32.8 Å². The van der Waals surface area contributed by atoms with E-state index in [4.69, 9.17) is 11.6 Å². The summed E-state index contributed by atoms with van der Waals surface area (Å²) in [7, 11) is 5.43. The van der Waals surface area contributed by atoms with E-state index in [0.29, 0.717) is 18.5 Å². The Morgan fingerprint density at radius 3 is 2.33 bits per heavy atom. The van der Waals surface area contributed by atoms with Gasteiger partial charge < -0.3 is 15.5 Å². The van der Waals surface area contributed by atoms with Gasteiger partial charge in [-0.3, -0.25) is 0 Å². The third-order valence-electron chi connectivity index (χ3n) is 5.16. The second kappa shape index (κ2) is 9.74. The van der Waals surface area contributed by atoms with Crippen molar-refractivity contribution in [3.63, 3.8) is 0 Å². The zero-order valence-electron chi connectivity index (χ0n) is 18.3. The molecule has 0 spiro atoms. The maximum atomic E-state index is 15.3. The highest BCUT2D eigenvalue weighted by Crippen LogP contribution is 2.39. The minimum Gasteiger partial charge on any atom is -0.358 e. The molecule has 0 aliphatic rings. The highest BCUT2D eigenvalue weighted by Gasteiger charge is 2.37. The number of halogens is 6. The first-order valence-electron chi connectivity index (χ1n) is 9.97. The van der Waals surface area contributed by atoms with Gasteiger partial charge in [0.15, 0.2) is 0 Å². The summed E-state index contributed by atoms with van der Waals surface area (Å²) in [6.07, 6.45) is -3.03. The van der Waals surface area contributed by atoms with Crippen LogP contribution in [0.4, 0.5) is 27.8 Å². The molecule has 2 atom stereocenters. The van der Waals surface area contributed by atoms with Crippen molar-refractivity contribution < 1.29 is 22.0 Å².